The van der Waals surface area contributed by atoms with Crippen molar-refractivity contribution in [3.05, 3.63) is 47.4 Å². The second kappa shape index (κ2) is 6.48. The Hall–Kier alpha value is -1.89. The number of benzene rings is 1. The Balaban J connectivity index is 1.55. The van der Waals surface area contributed by atoms with E-state index < -0.39 is 0 Å². The maximum absolute atomic E-state index is 12.9. The number of likely N-dealkylation sites (tertiary alicyclic amines) is 1. The van der Waals surface area contributed by atoms with E-state index in [9.17, 15) is 9.18 Å². The van der Waals surface area contributed by atoms with Gasteiger partial charge in [-0.25, -0.2) is 4.39 Å². The Bertz CT molecular complexity index is 659. The number of carbonyl (C=O) groups is 1. The molecule has 0 aliphatic carbocycles. The molecule has 1 aliphatic rings. The maximum Gasteiger partial charge on any atom is 0.236 e. The van der Waals surface area contributed by atoms with Crippen LogP contribution in [0, 0.1) is 5.82 Å². The summed E-state index contributed by atoms with van der Waals surface area (Å²) < 4.78 is 18.1. The first-order chi connectivity index (χ1) is 10.6. The quantitative estimate of drug-likeness (QED) is 0.845. The van der Waals surface area contributed by atoms with Gasteiger partial charge < -0.3 is 9.42 Å². The standard InChI is InChI=1S/C15H16FN3O2S/c1-19-7-6-12(15(19)20)22-9-14-17-13(18-21-14)8-10-2-4-11(16)5-3-10/h2-5,12H,6-9H2,1H3/t12-/m1/s1. The summed E-state index contributed by atoms with van der Waals surface area (Å²) in [5, 5.41) is 3.91. The minimum Gasteiger partial charge on any atom is -0.345 e. The third kappa shape index (κ3) is 3.47. The number of hydrogen-bond donors (Lipinski definition) is 0. The van der Waals surface area contributed by atoms with Gasteiger partial charge in [0.25, 0.3) is 0 Å². The summed E-state index contributed by atoms with van der Waals surface area (Å²) in [6.07, 6.45) is 1.36. The summed E-state index contributed by atoms with van der Waals surface area (Å²) >= 11 is 1.53. The Morgan fingerprint density at radius 3 is 2.86 bits per heavy atom. The van der Waals surface area contributed by atoms with Gasteiger partial charge in [-0.3, -0.25) is 4.79 Å². The summed E-state index contributed by atoms with van der Waals surface area (Å²) in [5.41, 5.74) is 0.925. The van der Waals surface area contributed by atoms with E-state index in [2.05, 4.69) is 10.1 Å². The average Bonchev–Trinajstić information content (AvgIpc) is 3.08. The summed E-state index contributed by atoms with van der Waals surface area (Å²) in [7, 11) is 1.82. The van der Waals surface area contributed by atoms with E-state index in [1.807, 2.05) is 7.05 Å². The van der Waals surface area contributed by atoms with E-state index in [0.717, 1.165) is 18.5 Å². The largest absolute Gasteiger partial charge is 0.345 e. The van der Waals surface area contributed by atoms with Gasteiger partial charge in [-0.2, -0.15) is 4.98 Å². The molecule has 0 radical (unpaired) electrons. The molecule has 5 nitrogen and oxygen atoms in total. The van der Waals surface area contributed by atoms with Crippen LogP contribution in [0.15, 0.2) is 28.8 Å². The molecule has 0 unspecified atom stereocenters. The van der Waals surface area contributed by atoms with Crippen LogP contribution in [0.1, 0.15) is 23.7 Å². The molecule has 0 spiro atoms. The third-order valence-corrected chi connectivity index (χ3v) is 4.83. The van der Waals surface area contributed by atoms with E-state index >= 15 is 0 Å². The van der Waals surface area contributed by atoms with E-state index in [4.69, 9.17) is 4.52 Å². The summed E-state index contributed by atoms with van der Waals surface area (Å²) in [5.74, 6) is 1.51. The van der Waals surface area contributed by atoms with Crippen LogP contribution in [-0.2, 0) is 17.0 Å². The fourth-order valence-corrected chi connectivity index (χ4v) is 3.38. The highest BCUT2D eigenvalue weighted by Crippen LogP contribution is 2.25. The molecule has 116 valence electrons. The average molecular weight is 321 g/mol. The summed E-state index contributed by atoms with van der Waals surface area (Å²) in [4.78, 5) is 17.9. The lowest BCUT2D eigenvalue weighted by atomic mass is 10.1. The van der Waals surface area contributed by atoms with Crippen LogP contribution in [0.2, 0.25) is 0 Å². The van der Waals surface area contributed by atoms with Crippen molar-refractivity contribution in [2.45, 2.75) is 23.8 Å². The minimum atomic E-state index is -0.264. The van der Waals surface area contributed by atoms with Crippen molar-refractivity contribution in [3.63, 3.8) is 0 Å². The molecule has 0 bridgehead atoms. The molecule has 1 aromatic heterocycles. The predicted molar refractivity (Wildman–Crippen MR) is 80.8 cm³/mol. The van der Waals surface area contributed by atoms with Gasteiger partial charge in [-0.15, -0.1) is 11.8 Å². The Morgan fingerprint density at radius 2 is 2.18 bits per heavy atom. The molecular weight excluding hydrogens is 305 g/mol. The van der Waals surface area contributed by atoms with Gasteiger partial charge in [0, 0.05) is 20.0 Å². The zero-order chi connectivity index (χ0) is 15.5. The lowest BCUT2D eigenvalue weighted by Gasteiger charge is -2.08. The van der Waals surface area contributed by atoms with E-state index in [-0.39, 0.29) is 17.0 Å². The Labute approximate surface area is 131 Å². The van der Waals surface area contributed by atoms with Gasteiger partial charge >= 0.3 is 0 Å². The van der Waals surface area contributed by atoms with Gasteiger partial charge in [0.2, 0.25) is 11.8 Å². The van der Waals surface area contributed by atoms with Crippen molar-refractivity contribution in [3.8, 4) is 0 Å². The maximum atomic E-state index is 12.9. The van der Waals surface area contributed by atoms with E-state index in [1.165, 1.54) is 23.9 Å². The fraction of sp³-hybridized carbons (Fsp3) is 0.400. The van der Waals surface area contributed by atoms with Crippen molar-refractivity contribution in [1.82, 2.24) is 15.0 Å². The zero-order valence-electron chi connectivity index (χ0n) is 12.2. The number of rotatable bonds is 5. The first-order valence-corrected chi connectivity index (χ1v) is 8.09. The van der Waals surface area contributed by atoms with Crippen LogP contribution in [0.4, 0.5) is 4.39 Å². The van der Waals surface area contributed by atoms with Gasteiger partial charge in [-0.1, -0.05) is 17.3 Å². The molecule has 1 aromatic carbocycles. The number of carbonyl (C=O) groups excluding carboxylic acids is 1. The van der Waals surface area contributed by atoms with Crippen LogP contribution >= 0.6 is 11.8 Å². The lowest BCUT2D eigenvalue weighted by molar-refractivity contribution is -0.126. The monoisotopic (exact) mass is 321 g/mol. The molecule has 0 saturated carbocycles. The second-order valence-electron chi connectivity index (χ2n) is 5.26. The van der Waals surface area contributed by atoms with Crippen LogP contribution in [0.5, 0.6) is 0 Å². The Morgan fingerprint density at radius 1 is 1.41 bits per heavy atom. The van der Waals surface area contributed by atoms with E-state index in [1.54, 1.807) is 17.0 Å². The lowest BCUT2D eigenvalue weighted by Crippen LogP contribution is -2.23. The number of thioether (sulfide) groups is 1. The normalized spacial score (nSPS) is 18.2. The SMILES string of the molecule is CN1CC[C@@H](SCc2nc(Cc3ccc(F)cc3)no2)C1=O. The first-order valence-electron chi connectivity index (χ1n) is 7.04. The molecule has 1 saturated heterocycles. The molecule has 22 heavy (non-hydrogen) atoms. The van der Waals surface area contributed by atoms with Crippen molar-refractivity contribution in [1.29, 1.82) is 0 Å². The summed E-state index contributed by atoms with van der Waals surface area (Å²) in [6.45, 7) is 0.802. The van der Waals surface area contributed by atoms with Crippen LogP contribution in [-0.4, -0.2) is 39.8 Å². The number of nitrogens with zero attached hydrogens (tertiary/aromatic N) is 3. The third-order valence-electron chi connectivity index (χ3n) is 3.57. The second-order valence-corrected chi connectivity index (χ2v) is 6.45. The van der Waals surface area contributed by atoms with Crippen molar-refractivity contribution in [2.24, 2.45) is 0 Å². The number of hydrogen-bond acceptors (Lipinski definition) is 5. The molecule has 1 atom stereocenters. The fourth-order valence-electron chi connectivity index (χ4n) is 2.32. The van der Waals surface area contributed by atoms with Crippen LogP contribution in [0.25, 0.3) is 0 Å². The molecule has 1 aliphatic heterocycles. The molecule has 1 amide bonds. The molecule has 2 heterocycles. The summed E-state index contributed by atoms with van der Waals surface area (Å²) in [6, 6.07) is 6.23. The van der Waals surface area contributed by atoms with Gasteiger partial charge in [0.15, 0.2) is 5.82 Å². The smallest absolute Gasteiger partial charge is 0.236 e. The van der Waals surface area contributed by atoms with Gasteiger partial charge in [0.1, 0.15) is 5.82 Å². The molecule has 0 N–H and O–H groups in total. The topological polar surface area (TPSA) is 59.2 Å². The molecule has 1 fully saturated rings. The number of halogens is 1. The highest BCUT2D eigenvalue weighted by atomic mass is 32.2. The Kier molecular flexibility index (Phi) is 4.42. The molecule has 2 aromatic rings. The van der Waals surface area contributed by atoms with E-state index in [0.29, 0.717) is 23.9 Å². The number of amides is 1. The predicted octanol–water partition coefficient (Wildman–Crippen LogP) is 2.26. The van der Waals surface area contributed by atoms with Crippen molar-refractivity contribution >= 4 is 17.7 Å². The van der Waals surface area contributed by atoms with Gasteiger partial charge in [0.05, 0.1) is 11.0 Å². The minimum absolute atomic E-state index is 0.0163. The first kappa shape index (κ1) is 15.0. The highest BCUT2D eigenvalue weighted by molar-refractivity contribution is 7.99. The van der Waals surface area contributed by atoms with Crippen LogP contribution in [0.3, 0.4) is 0 Å². The highest BCUT2D eigenvalue weighted by Gasteiger charge is 2.29. The zero-order valence-corrected chi connectivity index (χ0v) is 13.0. The number of aromatic nitrogens is 2. The van der Waals surface area contributed by atoms with Gasteiger partial charge in [-0.05, 0) is 24.1 Å². The molecular formula is C15H16FN3O2S. The molecule has 3 rings (SSSR count). The van der Waals surface area contributed by atoms with Crippen molar-refractivity contribution in [2.75, 3.05) is 13.6 Å². The van der Waals surface area contributed by atoms with Crippen molar-refractivity contribution < 1.29 is 13.7 Å². The molecule has 7 heteroatoms. The van der Waals surface area contributed by atoms with Crippen LogP contribution < -0.4 is 0 Å².